The Bertz CT molecular complexity index is 495. The van der Waals surface area contributed by atoms with Gasteiger partial charge in [0.1, 0.15) is 6.54 Å². The van der Waals surface area contributed by atoms with Crippen LogP contribution in [-0.2, 0) is 15.6 Å². The first kappa shape index (κ1) is 16.7. The van der Waals surface area contributed by atoms with Crippen molar-refractivity contribution in [2.24, 2.45) is 5.92 Å². The summed E-state index contributed by atoms with van der Waals surface area (Å²) in [5, 5.41) is 3.25. The molecule has 0 aromatic carbocycles. The molecule has 2 saturated carbocycles. The van der Waals surface area contributed by atoms with Gasteiger partial charge in [-0.3, -0.25) is 13.9 Å². The van der Waals surface area contributed by atoms with Crippen LogP contribution in [0.4, 0.5) is 4.79 Å². The smallest absolute Gasteiger partial charge is 0.319 e. The number of nitrogens with one attached hydrogen (secondary N) is 1. The number of rotatable bonds is 5. The van der Waals surface area contributed by atoms with Crippen LogP contribution in [0.25, 0.3) is 0 Å². The highest BCUT2D eigenvalue weighted by Crippen LogP contribution is 2.30. The van der Waals surface area contributed by atoms with Gasteiger partial charge in [-0.15, -0.1) is 0 Å². The van der Waals surface area contributed by atoms with Gasteiger partial charge in [-0.2, -0.15) is 0 Å². The molecule has 7 heteroatoms. The monoisotopic (exact) mass is 341 g/mol. The predicted molar refractivity (Wildman–Crippen MR) is 89.3 cm³/mol. The Kier molecular flexibility index (Phi) is 5.24. The van der Waals surface area contributed by atoms with Gasteiger partial charge in [0, 0.05) is 34.4 Å². The number of nitrogens with zero attached hydrogens (tertiary/aromatic N) is 2. The van der Waals surface area contributed by atoms with Crippen molar-refractivity contribution in [2.45, 2.75) is 56.7 Å². The molecule has 3 aliphatic rings. The van der Waals surface area contributed by atoms with Crippen molar-refractivity contribution < 1.29 is 13.8 Å². The molecule has 1 saturated heterocycles. The lowest BCUT2D eigenvalue weighted by molar-refractivity contribution is -0.126. The molecule has 1 N–H and O–H groups in total. The van der Waals surface area contributed by atoms with Gasteiger partial charge in [0.05, 0.1) is 6.67 Å². The van der Waals surface area contributed by atoms with Gasteiger partial charge in [-0.1, -0.05) is 13.3 Å². The molecule has 23 heavy (non-hydrogen) atoms. The molecule has 0 radical (unpaired) electrons. The Morgan fingerprint density at radius 2 is 2.09 bits per heavy atom. The fourth-order valence-corrected chi connectivity index (χ4v) is 4.87. The molecule has 0 aromatic rings. The molecule has 6 nitrogen and oxygen atoms in total. The van der Waals surface area contributed by atoms with Crippen molar-refractivity contribution >= 4 is 22.7 Å². The molecule has 3 fully saturated rings. The number of amides is 3. The minimum atomic E-state index is -0.789. The Hall–Kier alpha value is -1.11. The van der Waals surface area contributed by atoms with E-state index in [1.54, 1.807) is 9.80 Å². The topological polar surface area (TPSA) is 69.7 Å². The first-order valence-corrected chi connectivity index (χ1v) is 10.2. The van der Waals surface area contributed by atoms with Crippen LogP contribution in [0.5, 0.6) is 0 Å². The van der Waals surface area contributed by atoms with E-state index >= 15 is 0 Å². The van der Waals surface area contributed by atoms with Crippen molar-refractivity contribution in [2.75, 3.05) is 25.5 Å². The summed E-state index contributed by atoms with van der Waals surface area (Å²) in [4.78, 5) is 27.8. The Morgan fingerprint density at radius 1 is 1.30 bits per heavy atom. The van der Waals surface area contributed by atoms with E-state index in [0.29, 0.717) is 18.3 Å². The second kappa shape index (κ2) is 7.20. The van der Waals surface area contributed by atoms with Crippen molar-refractivity contribution in [3.8, 4) is 0 Å². The zero-order chi connectivity index (χ0) is 16.4. The van der Waals surface area contributed by atoms with Crippen molar-refractivity contribution in [3.63, 3.8) is 0 Å². The maximum absolute atomic E-state index is 12.4. The summed E-state index contributed by atoms with van der Waals surface area (Å²) >= 11 is 0. The van der Waals surface area contributed by atoms with E-state index in [0.717, 1.165) is 32.2 Å². The first-order chi connectivity index (χ1) is 11.1. The predicted octanol–water partition coefficient (Wildman–Crippen LogP) is 1.29. The molecule has 1 aliphatic heterocycles. The van der Waals surface area contributed by atoms with Crippen molar-refractivity contribution in [1.29, 1.82) is 0 Å². The maximum Gasteiger partial charge on any atom is 0.319 e. The molecule has 3 rings (SSSR count). The normalized spacial score (nSPS) is 29.7. The van der Waals surface area contributed by atoms with Crippen LogP contribution in [0.3, 0.4) is 0 Å². The highest BCUT2D eigenvalue weighted by Gasteiger charge is 2.35. The maximum atomic E-state index is 12.4. The van der Waals surface area contributed by atoms with Gasteiger partial charge in [-0.05, 0) is 38.0 Å². The molecule has 130 valence electrons. The first-order valence-electron chi connectivity index (χ1n) is 8.77. The Labute approximate surface area is 140 Å². The highest BCUT2D eigenvalue weighted by molar-refractivity contribution is 7.85. The van der Waals surface area contributed by atoms with Crippen LogP contribution in [-0.4, -0.2) is 62.7 Å². The molecule has 3 atom stereocenters. The van der Waals surface area contributed by atoms with Crippen molar-refractivity contribution in [3.05, 3.63) is 0 Å². The summed E-state index contributed by atoms with van der Waals surface area (Å²) in [6.45, 7) is 3.35. The Morgan fingerprint density at radius 3 is 2.78 bits per heavy atom. The van der Waals surface area contributed by atoms with E-state index in [-0.39, 0.29) is 29.8 Å². The Balaban J connectivity index is 1.48. The standard InChI is InChI=1S/C16H27N3O3S/c1-2-23(22)14-5-3-4-13(8-14)17-16(21)19-10-15(20)18(11-19)9-12-6-7-12/h12-14H,2-11H2,1H3,(H,17,21). The lowest BCUT2D eigenvalue weighted by Gasteiger charge is -2.30. The summed E-state index contributed by atoms with van der Waals surface area (Å²) in [6, 6.07) is -0.0612. The number of carbonyl (C=O) groups is 2. The molecule has 0 spiro atoms. The third-order valence-corrected chi connectivity index (χ3v) is 6.83. The van der Waals surface area contributed by atoms with Crippen LogP contribution in [0, 0.1) is 5.92 Å². The molecular formula is C16H27N3O3S. The van der Waals surface area contributed by atoms with Gasteiger partial charge in [0.15, 0.2) is 0 Å². The molecule has 0 aromatic heterocycles. The van der Waals surface area contributed by atoms with Crippen LogP contribution in [0.1, 0.15) is 45.4 Å². The third-order valence-electron chi connectivity index (χ3n) is 5.09. The number of urea groups is 1. The number of carbonyl (C=O) groups excluding carboxylic acids is 2. The second-order valence-electron chi connectivity index (χ2n) is 7.00. The highest BCUT2D eigenvalue weighted by atomic mass is 32.2. The minimum absolute atomic E-state index is 0.0562. The van der Waals surface area contributed by atoms with E-state index in [1.165, 1.54) is 12.8 Å². The van der Waals surface area contributed by atoms with Gasteiger partial charge < -0.3 is 10.2 Å². The molecule has 0 bridgehead atoms. The van der Waals surface area contributed by atoms with Gasteiger partial charge in [-0.25, -0.2) is 4.79 Å². The molecule has 1 heterocycles. The molecule has 2 aliphatic carbocycles. The second-order valence-corrected chi connectivity index (χ2v) is 9.01. The van der Waals surface area contributed by atoms with Crippen LogP contribution in [0.15, 0.2) is 0 Å². The molecule has 3 amide bonds. The minimum Gasteiger partial charge on any atom is -0.335 e. The van der Waals surface area contributed by atoms with E-state index in [2.05, 4.69) is 5.32 Å². The van der Waals surface area contributed by atoms with Crippen molar-refractivity contribution in [1.82, 2.24) is 15.1 Å². The number of hydrogen-bond acceptors (Lipinski definition) is 3. The van der Waals surface area contributed by atoms with E-state index in [9.17, 15) is 13.8 Å². The average molecular weight is 341 g/mol. The van der Waals surface area contributed by atoms with Gasteiger partial charge in [0.25, 0.3) is 0 Å². The summed E-state index contributed by atoms with van der Waals surface area (Å²) in [5.74, 6) is 1.38. The average Bonchev–Trinajstić information content (AvgIpc) is 3.29. The third kappa shape index (κ3) is 4.25. The molecule has 3 unspecified atom stereocenters. The van der Waals surface area contributed by atoms with Crippen LogP contribution < -0.4 is 5.32 Å². The summed E-state index contributed by atoms with van der Waals surface area (Å²) in [5.41, 5.74) is 0. The summed E-state index contributed by atoms with van der Waals surface area (Å²) < 4.78 is 12.0. The zero-order valence-electron chi connectivity index (χ0n) is 13.8. The fourth-order valence-electron chi connectivity index (χ4n) is 3.52. The largest absolute Gasteiger partial charge is 0.335 e. The van der Waals surface area contributed by atoms with Gasteiger partial charge in [0.2, 0.25) is 5.91 Å². The summed E-state index contributed by atoms with van der Waals surface area (Å²) in [6.07, 6.45) is 6.14. The fraction of sp³-hybridized carbons (Fsp3) is 0.875. The lowest BCUT2D eigenvalue weighted by atomic mass is 9.95. The van der Waals surface area contributed by atoms with Crippen LogP contribution in [0.2, 0.25) is 0 Å². The lowest BCUT2D eigenvalue weighted by Crippen LogP contribution is -2.47. The SMILES string of the molecule is CCS(=O)C1CCCC(NC(=O)N2CC(=O)N(CC3CC3)C2)C1. The van der Waals surface area contributed by atoms with E-state index in [1.807, 2.05) is 6.92 Å². The zero-order valence-corrected chi connectivity index (χ0v) is 14.6. The number of hydrogen-bond donors (Lipinski definition) is 1. The quantitative estimate of drug-likeness (QED) is 0.819. The molecular weight excluding hydrogens is 314 g/mol. The summed E-state index contributed by atoms with van der Waals surface area (Å²) in [7, 11) is -0.789. The van der Waals surface area contributed by atoms with Crippen LogP contribution >= 0.6 is 0 Å². The van der Waals surface area contributed by atoms with E-state index in [4.69, 9.17) is 0 Å². The van der Waals surface area contributed by atoms with Gasteiger partial charge >= 0.3 is 6.03 Å². The van der Waals surface area contributed by atoms with E-state index < -0.39 is 10.8 Å².